The van der Waals surface area contributed by atoms with Gasteiger partial charge in [0, 0.05) is 6.42 Å². The first-order valence-electron chi connectivity index (χ1n) is 8.11. The van der Waals surface area contributed by atoms with E-state index in [-0.39, 0.29) is 0 Å². The highest BCUT2D eigenvalue weighted by molar-refractivity contribution is 7.92. The summed E-state index contributed by atoms with van der Waals surface area (Å²) in [6.45, 7) is 4.14. The van der Waals surface area contributed by atoms with E-state index < -0.39 is 22.3 Å². The molecule has 0 spiro atoms. The molecule has 1 amide bonds. The molecule has 2 atom stereocenters. The van der Waals surface area contributed by atoms with Crippen molar-refractivity contribution >= 4 is 17.1 Å². The van der Waals surface area contributed by atoms with Gasteiger partial charge in [0.05, 0.1) is 0 Å². The minimum Gasteiger partial charge on any atom is -0.611 e. The maximum atomic E-state index is 12.7. The number of hydrogen-bond acceptors (Lipinski definition) is 4. The zero-order chi connectivity index (χ0) is 17.8. The molecule has 0 aromatic heterocycles. The minimum absolute atomic E-state index is 0.298. The van der Waals surface area contributed by atoms with Crippen LogP contribution in [-0.4, -0.2) is 27.5 Å². The first kappa shape index (κ1) is 20.4. The van der Waals surface area contributed by atoms with Crippen LogP contribution in [0.4, 0.5) is 0 Å². The van der Waals surface area contributed by atoms with Crippen molar-refractivity contribution in [3.05, 3.63) is 24.3 Å². The van der Waals surface area contributed by atoms with Crippen molar-refractivity contribution in [1.29, 1.82) is 0 Å². The molecule has 0 aliphatic heterocycles. The lowest BCUT2D eigenvalue weighted by Gasteiger charge is -2.19. The van der Waals surface area contributed by atoms with Gasteiger partial charge < -0.3 is 9.29 Å². The fourth-order valence-electron chi connectivity index (χ4n) is 2.19. The summed E-state index contributed by atoms with van der Waals surface area (Å²) in [4.78, 5) is 12.4. The smallest absolute Gasteiger partial charge is 0.296 e. The van der Waals surface area contributed by atoms with Gasteiger partial charge in [-0.15, -0.1) is 5.92 Å². The van der Waals surface area contributed by atoms with E-state index in [0.717, 1.165) is 25.7 Å². The summed E-state index contributed by atoms with van der Waals surface area (Å²) in [6, 6.07) is 6.76. The molecule has 0 unspecified atom stereocenters. The standard InChI is InChI=1S/C18H25NO4S/c1-3-5-7-8-9-17(18(20)19-21)24(22)16-12-10-15(11-13-16)23-14-6-4-2/h10-13,17,21H,3,5,7-9,14H2,1-2H3,(H,19,20)/t17-,24-/m0/s1. The lowest BCUT2D eigenvalue weighted by atomic mass is 10.1. The Hall–Kier alpha value is -1.68. The van der Waals surface area contributed by atoms with Crippen LogP contribution in [0.1, 0.15) is 46.0 Å². The van der Waals surface area contributed by atoms with Gasteiger partial charge in [0.15, 0.2) is 4.90 Å². The first-order chi connectivity index (χ1) is 11.6. The lowest BCUT2D eigenvalue weighted by Crippen LogP contribution is -2.38. The fraction of sp³-hybridized carbons (Fsp3) is 0.500. The van der Waals surface area contributed by atoms with Crippen LogP contribution in [0.2, 0.25) is 0 Å². The highest BCUT2D eigenvalue weighted by atomic mass is 32.2. The van der Waals surface area contributed by atoms with Gasteiger partial charge in [-0.05, 0) is 48.8 Å². The van der Waals surface area contributed by atoms with Gasteiger partial charge in [-0.2, -0.15) is 0 Å². The lowest BCUT2D eigenvalue weighted by molar-refractivity contribution is -0.128. The van der Waals surface area contributed by atoms with Crippen LogP contribution in [0.25, 0.3) is 0 Å². The molecular weight excluding hydrogens is 326 g/mol. The molecule has 132 valence electrons. The monoisotopic (exact) mass is 351 g/mol. The Morgan fingerprint density at radius 2 is 2.04 bits per heavy atom. The molecule has 0 bridgehead atoms. The molecule has 1 aromatic rings. The maximum absolute atomic E-state index is 12.7. The van der Waals surface area contributed by atoms with Crippen molar-refractivity contribution in [2.24, 2.45) is 0 Å². The van der Waals surface area contributed by atoms with E-state index in [4.69, 9.17) is 9.94 Å². The molecule has 2 N–H and O–H groups in total. The zero-order valence-corrected chi connectivity index (χ0v) is 15.0. The summed E-state index contributed by atoms with van der Waals surface area (Å²) >= 11 is -1.53. The van der Waals surface area contributed by atoms with Crippen LogP contribution in [0.5, 0.6) is 5.75 Å². The van der Waals surface area contributed by atoms with Crippen molar-refractivity contribution in [3.8, 4) is 17.6 Å². The summed E-state index contributed by atoms with van der Waals surface area (Å²) < 4.78 is 18.1. The highest BCUT2D eigenvalue weighted by Gasteiger charge is 2.31. The summed E-state index contributed by atoms with van der Waals surface area (Å²) in [5, 5.41) is 8.14. The topological polar surface area (TPSA) is 81.6 Å². The number of carbonyl (C=O) groups is 1. The van der Waals surface area contributed by atoms with Gasteiger partial charge in [-0.3, -0.25) is 10.0 Å². The molecule has 6 heteroatoms. The Labute approximate surface area is 146 Å². The maximum Gasteiger partial charge on any atom is 0.296 e. The number of ether oxygens (including phenoxy) is 1. The molecular formula is C18H25NO4S. The Bertz CT molecular complexity index is 550. The number of hydrogen-bond donors (Lipinski definition) is 2. The number of carbonyl (C=O) groups excluding carboxylic acids is 1. The number of benzene rings is 1. The minimum atomic E-state index is -1.53. The molecule has 0 aliphatic carbocycles. The Kier molecular flexibility index (Phi) is 10.0. The van der Waals surface area contributed by atoms with E-state index in [2.05, 4.69) is 18.8 Å². The molecule has 0 fully saturated rings. The van der Waals surface area contributed by atoms with Crippen LogP contribution in [0, 0.1) is 11.8 Å². The summed E-state index contributed by atoms with van der Waals surface area (Å²) in [5.41, 5.74) is 1.63. The molecule has 24 heavy (non-hydrogen) atoms. The summed E-state index contributed by atoms with van der Waals surface area (Å²) in [7, 11) is 0. The number of hydroxylamine groups is 1. The second kappa shape index (κ2) is 11.8. The number of rotatable bonds is 10. The second-order valence-corrected chi connectivity index (χ2v) is 6.93. The number of unbranched alkanes of at least 4 members (excludes halogenated alkanes) is 3. The number of nitrogens with one attached hydrogen (secondary N) is 1. The van der Waals surface area contributed by atoms with E-state index >= 15 is 0 Å². The zero-order valence-electron chi connectivity index (χ0n) is 14.2. The molecule has 1 rings (SSSR count). The Balaban J connectivity index is 2.71. The van der Waals surface area contributed by atoms with Gasteiger partial charge in [-0.25, -0.2) is 5.48 Å². The largest absolute Gasteiger partial charge is 0.611 e. The highest BCUT2D eigenvalue weighted by Crippen LogP contribution is 2.23. The average molecular weight is 351 g/mol. The van der Waals surface area contributed by atoms with Crippen LogP contribution in [-0.2, 0) is 16.0 Å². The fourth-order valence-corrected chi connectivity index (χ4v) is 3.55. The third kappa shape index (κ3) is 6.83. The average Bonchev–Trinajstić information content (AvgIpc) is 2.61. The third-order valence-corrected chi connectivity index (χ3v) is 5.23. The summed E-state index contributed by atoms with van der Waals surface area (Å²) in [6.07, 6.45) is 4.42. The van der Waals surface area contributed by atoms with Crippen molar-refractivity contribution in [2.75, 3.05) is 6.61 Å². The normalized spacial score (nSPS) is 12.7. The van der Waals surface area contributed by atoms with Gasteiger partial charge in [0.2, 0.25) is 5.25 Å². The van der Waals surface area contributed by atoms with Crippen LogP contribution in [0.15, 0.2) is 29.2 Å². The third-order valence-electron chi connectivity index (χ3n) is 3.52. The predicted molar refractivity (Wildman–Crippen MR) is 94.3 cm³/mol. The van der Waals surface area contributed by atoms with Gasteiger partial charge in [-0.1, -0.05) is 32.1 Å². The van der Waals surface area contributed by atoms with Crippen LogP contribution >= 0.6 is 0 Å². The quantitative estimate of drug-likeness (QED) is 0.223. The van der Waals surface area contributed by atoms with E-state index in [1.165, 1.54) is 0 Å². The predicted octanol–water partition coefficient (Wildman–Crippen LogP) is 3.04. The van der Waals surface area contributed by atoms with Crippen LogP contribution < -0.4 is 10.2 Å². The molecule has 1 aromatic carbocycles. The van der Waals surface area contributed by atoms with E-state index in [9.17, 15) is 9.35 Å². The Morgan fingerprint density at radius 1 is 1.33 bits per heavy atom. The van der Waals surface area contributed by atoms with Crippen molar-refractivity contribution < 1.29 is 19.3 Å². The van der Waals surface area contributed by atoms with Crippen LogP contribution in [0.3, 0.4) is 0 Å². The first-order valence-corrected chi connectivity index (χ1v) is 9.32. The second-order valence-electron chi connectivity index (χ2n) is 5.30. The molecule has 5 nitrogen and oxygen atoms in total. The Morgan fingerprint density at radius 3 is 2.62 bits per heavy atom. The summed E-state index contributed by atoms with van der Waals surface area (Å²) in [5.74, 6) is 5.55. The van der Waals surface area contributed by atoms with Gasteiger partial charge in [0.25, 0.3) is 5.91 Å². The molecule has 0 saturated carbocycles. The molecule has 0 radical (unpaired) electrons. The molecule has 0 saturated heterocycles. The van der Waals surface area contributed by atoms with Gasteiger partial charge >= 0.3 is 0 Å². The van der Waals surface area contributed by atoms with E-state index in [1.807, 2.05) is 0 Å². The SMILES string of the molecule is CC#CCOc1ccc([S@+]([O-])[C@@H](CCCCCC)C(=O)NO)cc1. The van der Waals surface area contributed by atoms with E-state index in [1.54, 1.807) is 36.7 Å². The van der Waals surface area contributed by atoms with Gasteiger partial charge in [0.1, 0.15) is 12.4 Å². The van der Waals surface area contributed by atoms with E-state index in [0.29, 0.717) is 23.7 Å². The molecule has 0 aliphatic rings. The van der Waals surface area contributed by atoms with Crippen molar-refractivity contribution in [2.45, 2.75) is 56.1 Å². The van der Waals surface area contributed by atoms with Crippen molar-refractivity contribution in [1.82, 2.24) is 5.48 Å². The van der Waals surface area contributed by atoms with Crippen molar-refractivity contribution in [3.63, 3.8) is 0 Å². The molecule has 0 heterocycles. The number of amides is 1.